The SMILES string of the molecule is COCC(C)C(CN)N1CCN(c2cccc(C)c2)CC1. The summed E-state index contributed by atoms with van der Waals surface area (Å²) in [5.74, 6) is 0.477. The third-order valence-corrected chi connectivity index (χ3v) is 4.48. The highest BCUT2D eigenvalue weighted by molar-refractivity contribution is 5.48. The summed E-state index contributed by atoms with van der Waals surface area (Å²) in [6.07, 6.45) is 0. The van der Waals surface area contributed by atoms with E-state index in [1.807, 2.05) is 0 Å². The maximum Gasteiger partial charge on any atom is 0.0503 e. The van der Waals surface area contributed by atoms with Gasteiger partial charge in [0.05, 0.1) is 6.61 Å². The normalized spacial score (nSPS) is 19.5. The Hall–Kier alpha value is -1.10. The minimum atomic E-state index is 0.421. The van der Waals surface area contributed by atoms with E-state index in [9.17, 15) is 0 Å². The van der Waals surface area contributed by atoms with Crippen molar-refractivity contribution >= 4 is 5.69 Å². The van der Waals surface area contributed by atoms with E-state index in [1.54, 1.807) is 7.11 Å². The van der Waals surface area contributed by atoms with Crippen LogP contribution in [0.3, 0.4) is 0 Å². The fourth-order valence-corrected chi connectivity index (χ4v) is 3.25. The summed E-state index contributed by atoms with van der Waals surface area (Å²) in [4.78, 5) is 4.99. The molecule has 0 aromatic heterocycles. The number of ether oxygens (including phenoxy) is 1. The molecule has 4 nitrogen and oxygen atoms in total. The summed E-state index contributed by atoms with van der Waals surface area (Å²) in [6.45, 7) is 10.1. The number of nitrogens with two attached hydrogens (primary N) is 1. The van der Waals surface area contributed by atoms with E-state index in [2.05, 4.69) is 47.9 Å². The molecule has 2 atom stereocenters. The smallest absolute Gasteiger partial charge is 0.0503 e. The molecule has 1 aromatic carbocycles. The van der Waals surface area contributed by atoms with Crippen LogP contribution in [0, 0.1) is 12.8 Å². The van der Waals surface area contributed by atoms with Gasteiger partial charge in [0.2, 0.25) is 0 Å². The lowest BCUT2D eigenvalue weighted by atomic mass is 10.0. The zero-order chi connectivity index (χ0) is 15.2. The van der Waals surface area contributed by atoms with Crippen molar-refractivity contribution in [1.82, 2.24) is 4.90 Å². The van der Waals surface area contributed by atoms with Gasteiger partial charge in [-0.25, -0.2) is 0 Å². The molecule has 1 aliphatic heterocycles. The molecule has 0 saturated carbocycles. The number of hydrogen-bond donors (Lipinski definition) is 1. The lowest BCUT2D eigenvalue weighted by molar-refractivity contribution is 0.0815. The molecule has 2 N–H and O–H groups in total. The van der Waals surface area contributed by atoms with Crippen molar-refractivity contribution in [3.63, 3.8) is 0 Å². The van der Waals surface area contributed by atoms with E-state index < -0.39 is 0 Å². The minimum absolute atomic E-state index is 0.421. The molecule has 0 aliphatic carbocycles. The Morgan fingerprint density at radius 3 is 2.52 bits per heavy atom. The predicted molar refractivity (Wildman–Crippen MR) is 88.8 cm³/mol. The second-order valence-corrected chi connectivity index (χ2v) is 6.10. The average Bonchev–Trinajstić information content (AvgIpc) is 2.49. The molecule has 0 amide bonds. The monoisotopic (exact) mass is 291 g/mol. The van der Waals surface area contributed by atoms with E-state index in [-0.39, 0.29) is 0 Å². The molecule has 1 aromatic rings. The number of methoxy groups -OCH3 is 1. The van der Waals surface area contributed by atoms with E-state index in [4.69, 9.17) is 10.5 Å². The van der Waals surface area contributed by atoms with Crippen LogP contribution in [0.25, 0.3) is 0 Å². The molecule has 21 heavy (non-hydrogen) atoms. The van der Waals surface area contributed by atoms with Gasteiger partial charge in [0.15, 0.2) is 0 Å². The molecular weight excluding hydrogens is 262 g/mol. The Bertz CT molecular complexity index is 430. The molecule has 0 bridgehead atoms. The number of piperazine rings is 1. The van der Waals surface area contributed by atoms with Crippen molar-refractivity contribution in [3.8, 4) is 0 Å². The van der Waals surface area contributed by atoms with Gasteiger partial charge >= 0.3 is 0 Å². The van der Waals surface area contributed by atoms with E-state index >= 15 is 0 Å². The van der Waals surface area contributed by atoms with E-state index in [0.717, 1.165) is 32.8 Å². The van der Waals surface area contributed by atoms with Crippen molar-refractivity contribution in [3.05, 3.63) is 29.8 Å². The summed E-state index contributed by atoms with van der Waals surface area (Å²) in [7, 11) is 1.76. The highest BCUT2D eigenvalue weighted by Crippen LogP contribution is 2.20. The van der Waals surface area contributed by atoms with Crippen LogP contribution in [-0.4, -0.2) is 57.4 Å². The fourth-order valence-electron chi connectivity index (χ4n) is 3.25. The summed E-state index contributed by atoms with van der Waals surface area (Å²) < 4.78 is 5.29. The largest absolute Gasteiger partial charge is 0.384 e. The first kappa shape index (κ1) is 16.3. The summed E-state index contributed by atoms with van der Waals surface area (Å²) in [5.41, 5.74) is 8.65. The number of anilines is 1. The van der Waals surface area contributed by atoms with Crippen molar-refractivity contribution in [2.45, 2.75) is 19.9 Å². The first-order valence-corrected chi connectivity index (χ1v) is 7.90. The maximum absolute atomic E-state index is 5.99. The molecule has 1 saturated heterocycles. The fraction of sp³-hybridized carbons (Fsp3) is 0.647. The molecule has 1 aliphatic rings. The molecule has 1 heterocycles. The number of aryl methyl sites for hydroxylation is 1. The quantitative estimate of drug-likeness (QED) is 0.866. The molecule has 118 valence electrons. The molecule has 2 unspecified atom stereocenters. The zero-order valence-electron chi connectivity index (χ0n) is 13.6. The standard InChI is InChI=1S/C17H29N3O/c1-14-5-4-6-16(11-14)19-7-9-20(10-8-19)17(12-18)15(2)13-21-3/h4-6,11,15,17H,7-10,12-13,18H2,1-3H3. The summed E-state index contributed by atoms with van der Waals surface area (Å²) in [6, 6.07) is 9.18. The highest BCUT2D eigenvalue weighted by atomic mass is 16.5. The average molecular weight is 291 g/mol. The first-order chi connectivity index (χ1) is 10.2. The Morgan fingerprint density at radius 1 is 1.24 bits per heavy atom. The van der Waals surface area contributed by atoms with Gasteiger partial charge in [-0.2, -0.15) is 0 Å². The second kappa shape index (κ2) is 7.78. The number of benzene rings is 1. The topological polar surface area (TPSA) is 41.7 Å². The third-order valence-electron chi connectivity index (χ3n) is 4.48. The molecular formula is C17H29N3O. The predicted octanol–water partition coefficient (Wildman–Crippen LogP) is 1.73. The Morgan fingerprint density at radius 2 is 1.95 bits per heavy atom. The van der Waals surface area contributed by atoms with Gasteiger partial charge < -0.3 is 15.4 Å². The van der Waals surface area contributed by atoms with Crippen LogP contribution < -0.4 is 10.6 Å². The van der Waals surface area contributed by atoms with E-state index in [1.165, 1.54) is 11.3 Å². The van der Waals surface area contributed by atoms with Crippen molar-refractivity contribution in [1.29, 1.82) is 0 Å². The molecule has 4 heteroatoms. The van der Waals surface area contributed by atoms with Crippen molar-refractivity contribution in [2.24, 2.45) is 11.7 Å². The van der Waals surface area contributed by atoms with Crippen LogP contribution in [0.2, 0.25) is 0 Å². The van der Waals surface area contributed by atoms with Crippen LogP contribution in [0.15, 0.2) is 24.3 Å². The molecule has 0 spiro atoms. The van der Waals surface area contributed by atoms with Crippen molar-refractivity contribution < 1.29 is 4.74 Å². The number of nitrogens with zero attached hydrogens (tertiary/aromatic N) is 2. The van der Waals surface area contributed by atoms with Gasteiger partial charge in [-0.05, 0) is 30.5 Å². The van der Waals surface area contributed by atoms with Crippen LogP contribution in [0.1, 0.15) is 12.5 Å². The summed E-state index contributed by atoms with van der Waals surface area (Å²) in [5, 5.41) is 0. The Balaban J connectivity index is 1.93. The Labute approximate surface area is 128 Å². The van der Waals surface area contributed by atoms with Crippen LogP contribution >= 0.6 is 0 Å². The van der Waals surface area contributed by atoms with E-state index in [0.29, 0.717) is 18.5 Å². The van der Waals surface area contributed by atoms with Crippen LogP contribution in [0.5, 0.6) is 0 Å². The number of hydrogen-bond acceptors (Lipinski definition) is 4. The van der Waals surface area contributed by atoms with Gasteiger partial charge in [0.25, 0.3) is 0 Å². The Kier molecular flexibility index (Phi) is 6.03. The van der Waals surface area contributed by atoms with Gasteiger partial charge in [-0.15, -0.1) is 0 Å². The highest BCUT2D eigenvalue weighted by Gasteiger charge is 2.26. The van der Waals surface area contributed by atoms with Crippen LogP contribution in [0.4, 0.5) is 5.69 Å². The molecule has 2 rings (SSSR count). The molecule has 0 radical (unpaired) electrons. The maximum atomic E-state index is 5.99. The van der Waals surface area contributed by atoms with Gasteiger partial charge in [-0.1, -0.05) is 19.1 Å². The number of rotatable bonds is 6. The van der Waals surface area contributed by atoms with Crippen LogP contribution in [-0.2, 0) is 4.74 Å². The van der Waals surface area contributed by atoms with Crippen molar-refractivity contribution in [2.75, 3.05) is 51.3 Å². The summed E-state index contributed by atoms with van der Waals surface area (Å²) >= 11 is 0. The second-order valence-electron chi connectivity index (χ2n) is 6.10. The van der Waals surface area contributed by atoms with Gasteiger partial charge in [-0.3, -0.25) is 4.90 Å². The first-order valence-electron chi connectivity index (χ1n) is 7.90. The lowest BCUT2D eigenvalue weighted by Crippen LogP contribution is -2.55. The third kappa shape index (κ3) is 4.19. The lowest BCUT2D eigenvalue weighted by Gasteiger charge is -2.42. The molecule has 1 fully saturated rings. The van der Waals surface area contributed by atoms with Gasteiger partial charge in [0.1, 0.15) is 0 Å². The van der Waals surface area contributed by atoms with Gasteiger partial charge in [0, 0.05) is 51.6 Å². The minimum Gasteiger partial charge on any atom is -0.384 e. The zero-order valence-corrected chi connectivity index (χ0v) is 13.6.